The summed E-state index contributed by atoms with van der Waals surface area (Å²) in [5, 5.41) is 0. The number of piperazine rings is 1. The Kier molecular flexibility index (Phi) is 5.80. The van der Waals surface area contributed by atoms with Gasteiger partial charge in [-0.1, -0.05) is 19.1 Å². The highest BCUT2D eigenvalue weighted by Crippen LogP contribution is 2.56. The Morgan fingerprint density at radius 1 is 1.26 bits per heavy atom. The zero-order valence-electron chi connectivity index (χ0n) is 13.1. The minimum atomic E-state index is -5.04. The third-order valence-electron chi connectivity index (χ3n) is 3.95. The molecular formula is C15H22F3N3OS. The second kappa shape index (κ2) is 7.44. The summed E-state index contributed by atoms with van der Waals surface area (Å²) in [5.74, 6) is -0.897. The van der Waals surface area contributed by atoms with Gasteiger partial charge < -0.3 is 15.5 Å². The summed E-state index contributed by atoms with van der Waals surface area (Å²) in [4.78, 5) is 15.8. The van der Waals surface area contributed by atoms with Gasteiger partial charge in [-0.05, 0) is 24.1 Å². The zero-order valence-corrected chi connectivity index (χ0v) is 13.9. The van der Waals surface area contributed by atoms with Crippen molar-refractivity contribution in [3.8, 4) is 0 Å². The molecule has 0 aromatic heterocycles. The van der Waals surface area contributed by atoms with E-state index in [0.717, 1.165) is 5.69 Å². The predicted molar refractivity (Wildman–Crippen MR) is 88.1 cm³/mol. The molecule has 0 saturated carbocycles. The summed E-state index contributed by atoms with van der Waals surface area (Å²) in [7, 11) is 0. The molecule has 0 spiro atoms. The molecular weight excluding hydrogens is 327 g/mol. The normalized spacial score (nSPS) is 18.0. The van der Waals surface area contributed by atoms with Crippen molar-refractivity contribution in [2.75, 3.05) is 31.1 Å². The largest absolute Gasteiger partial charge is 0.368 e. The highest BCUT2D eigenvalue weighted by molar-refractivity contribution is 8.20. The van der Waals surface area contributed by atoms with Crippen LogP contribution in [-0.2, 0) is 10.5 Å². The summed E-state index contributed by atoms with van der Waals surface area (Å²) >= 11 is -5.04. The van der Waals surface area contributed by atoms with Gasteiger partial charge in [-0.25, -0.2) is 0 Å². The van der Waals surface area contributed by atoms with Gasteiger partial charge in [-0.2, -0.15) is 0 Å². The van der Waals surface area contributed by atoms with E-state index >= 15 is 0 Å². The lowest BCUT2D eigenvalue weighted by molar-refractivity contribution is -0.132. The van der Waals surface area contributed by atoms with Crippen molar-refractivity contribution in [1.29, 1.82) is 0 Å². The van der Waals surface area contributed by atoms with Crippen LogP contribution >= 0.6 is 11.2 Å². The fourth-order valence-electron chi connectivity index (χ4n) is 2.63. The molecule has 1 aromatic carbocycles. The van der Waals surface area contributed by atoms with Crippen molar-refractivity contribution in [2.45, 2.75) is 25.1 Å². The Morgan fingerprint density at radius 3 is 2.48 bits per heavy atom. The lowest BCUT2D eigenvalue weighted by Crippen LogP contribution is -2.53. The Balaban J connectivity index is 1.98. The summed E-state index contributed by atoms with van der Waals surface area (Å²) in [6.07, 6.45) is 0.598. The van der Waals surface area contributed by atoms with E-state index in [4.69, 9.17) is 5.73 Å². The fourth-order valence-corrected chi connectivity index (χ4v) is 3.18. The van der Waals surface area contributed by atoms with Gasteiger partial charge in [0, 0.05) is 31.9 Å². The topological polar surface area (TPSA) is 49.6 Å². The molecule has 2 rings (SSSR count). The van der Waals surface area contributed by atoms with Crippen LogP contribution in [0.3, 0.4) is 0 Å². The highest BCUT2D eigenvalue weighted by Gasteiger charge is 2.25. The maximum Gasteiger partial charge on any atom is 0.239 e. The monoisotopic (exact) mass is 349 g/mol. The highest BCUT2D eigenvalue weighted by atomic mass is 32.3. The van der Waals surface area contributed by atoms with Crippen LogP contribution in [0.2, 0.25) is 0 Å². The third-order valence-corrected chi connectivity index (χ3v) is 4.62. The molecule has 1 aliphatic rings. The first-order chi connectivity index (χ1) is 10.8. The first-order valence-electron chi connectivity index (χ1n) is 7.58. The molecule has 1 fully saturated rings. The van der Waals surface area contributed by atoms with Gasteiger partial charge >= 0.3 is 0 Å². The molecule has 0 bridgehead atoms. The van der Waals surface area contributed by atoms with Gasteiger partial charge in [0.25, 0.3) is 0 Å². The van der Waals surface area contributed by atoms with E-state index in [9.17, 15) is 16.5 Å². The molecule has 8 heteroatoms. The summed E-state index contributed by atoms with van der Waals surface area (Å²) in [6, 6.07) is 6.09. The number of hydrogen-bond acceptors (Lipinski definition) is 3. The number of benzene rings is 1. The van der Waals surface area contributed by atoms with E-state index in [-0.39, 0.29) is 11.5 Å². The molecule has 0 radical (unpaired) electrons. The Hall–Kier alpha value is -1.41. The number of halogens is 3. The molecule has 1 heterocycles. The number of carbonyl (C=O) groups is 1. The second-order valence-electron chi connectivity index (χ2n) is 5.64. The number of rotatable bonds is 5. The molecule has 1 atom stereocenters. The van der Waals surface area contributed by atoms with Gasteiger partial charge in [-0.3, -0.25) is 4.79 Å². The van der Waals surface area contributed by atoms with Gasteiger partial charge in [-0.15, -0.1) is 11.7 Å². The smallest absolute Gasteiger partial charge is 0.239 e. The van der Waals surface area contributed by atoms with Crippen LogP contribution in [0.25, 0.3) is 0 Å². The van der Waals surface area contributed by atoms with E-state index in [1.54, 1.807) is 17.0 Å². The minimum Gasteiger partial charge on any atom is -0.368 e. The third kappa shape index (κ3) is 5.04. The molecule has 1 saturated heterocycles. The van der Waals surface area contributed by atoms with Crippen LogP contribution in [0.5, 0.6) is 0 Å². The predicted octanol–water partition coefficient (Wildman–Crippen LogP) is 3.03. The molecule has 1 amide bonds. The van der Waals surface area contributed by atoms with Crippen molar-refractivity contribution in [3.63, 3.8) is 0 Å². The first kappa shape index (κ1) is 17.9. The molecule has 2 N–H and O–H groups in total. The molecule has 0 aliphatic carbocycles. The Morgan fingerprint density at radius 2 is 1.91 bits per heavy atom. The first-order valence-corrected chi connectivity index (χ1v) is 9.08. The SMILES string of the molecule is CC[C@@H](N)C(=O)N1CCN(c2cccc(CS(F)(F)F)c2)CC1. The van der Waals surface area contributed by atoms with Gasteiger partial charge in [0.05, 0.1) is 11.8 Å². The number of anilines is 1. The lowest BCUT2D eigenvalue weighted by atomic mass is 10.1. The minimum absolute atomic E-state index is 0.0541. The van der Waals surface area contributed by atoms with Crippen molar-refractivity contribution in [3.05, 3.63) is 29.8 Å². The zero-order chi connectivity index (χ0) is 17.0. The van der Waals surface area contributed by atoms with Crippen LogP contribution in [0, 0.1) is 0 Å². The lowest BCUT2D eigenvalue weighted by Gasteiger charge is -2.37. The maximum atomic E-state index is 12.6. The standard InChI is InChI=1S/C15H22F3N3OS/c1-2-14(19)15(22)21-8-6-20(7-9-21)13-5-3-4-12(10-13)11-23(16,17)18/h3-5,10,14H,2,6-9,11,19H2,1H3/t14-/m1/s1. The van der Waals surface area contributed by atoms with Crippen LogP contribution in [0.4, 0.5) is 17.3 Å². The molecule has 0 unspecified atom stereocenters. The van der Waals surface area contributed by atoms with Crippen LogP contribution in [-0.4, -0.2) is 43.0 Å². The second-order valence-corrected chi connectivity index (χ2v) is 6.94. The average Bonchev–Trinajstić information content (AvgIpc) is 2.52. The number of amides is 1. The van der Waals surface area contributed by atoms with E-state index in [0.29, 0.717) is 32.6 Å². The molecule has 1 aromatic rings. The average molecular weight is 349 g/mol. The molecule has 1 aliphatic heterocycles. The number of hydrogen-bond donors (Lipinski definition) is 1. The van der Waals surface area contributed by atoms with Crippen molar-refractivity contribution in [2.24, 2.45) is 5.73 Å². The van der Waals surface area contributed by atoms with Crippen LogP contribution in [0.15, 0.2) is 24.3 Å². The number of nitrogens with zero attached hydrogens (tertiary/aromatic N) is 2. The fraction of sp³-hybridized carbons (Fsp3) is 0.533. The number of nitrogens with two attached hydrogens (primary N) is 1. The quantitative estimate of drug-likeness (QED) is 0.889. The summed E-state index contributed by atoms with van der Waals surface area (Å²) < 4.78 is 37.7. The Bertz CT molecular complexity index is 545. The maximum absolute atomic E-state index is 12.6. The summed E-state index contributed by atoms with van der Waals surface area (Å²) in [5.41, 5.74) is 6.83. The number of carbonyl (C=O) groups excluding carboxylic acids is 1. The van der Waals surface area contributed by atoms with Crippen molar-refractivity contribution < 1.29 is 16.5 Å². The Labute approximate surface area is 136 Å². The van der Waals surface area contributed by atoms with Gasteiger partial charge in [0.15, 0.2) is 0 Å². The van der Waals surface area contributed by atoms with Crippen molar-refractivity contribution >= 4 is 22.8 Å². The van der Waals surface area contributed by atoms with E-state index in [2.05, 4.69) is 0 Å². The van der Waals surface area contributed by atoms with E-state index in [1.165, 1.54) is 6.07 Å². The van der Waals surface area contributed by atoms with Crippen LogP contribution < -0.4 is 10.6 Å². The molecule has 4 nitrogen and oxygen atoms in total. The van der Waals surface area contributed by atoms with Gasteiger partial charge in [0.2, 0.25) is 17.1 Å². The molecule has 23 heavy (non-hydrogen) atoms. The van der Waals surface area contributed by atoms with Gasteiger partial charge in [0.1, 0.15) is 0 Å². The van der Waals surface area contributed by atoms with Crippen LogP contribution in [0.1, 0.15) is 18.9 Å². The van der Waals surface area contributed by atoms with E-state index < -0.39 is 23.0 Å². The molecule has 130 valence electrons. The van der Waals surface area contributed by atoms with E-state index in [1.807, 2.05) is 17.9 Å². The van der Waals surface area contributed by atoms with Crippen molar-refractivity contribution in [1.82, 2.24) is 4.90 Å². The summed E-state index contributed by atoms with van der Waals surface area (Å²) in [6.45, 7) is 4.16.